The number of benzene rings is 1. The molecule has 1 heterocycles. The summed E-state index contributed by atoms with van der Waals surface area (Å²) in [6.45, 7) is 0.640. The van der Waals surface area contributed by atoms with Gasteiger partial charge in [-0.05, 0) is 25.0 Å². The van der Waals surface area contributed by atoms with Gasteiger partial charge < -0.3 is 15.3 Å². The fraction of sp³-hybridized carbons (Fsp3) is 0.333. The van der Waals surface area contributed by atoms with E-state index in [9.17, 15) is 9.59 Å². The minimum atomic E-state index is -1.15. The summed E-state index contributed by atoms with van der Waals surface area (Å²) in [4.78, 5) is 24.3. The summed E-state index contributed by atoms with van der Waals surface area (Å²) < 4.78 is 0. The monoisotopic (exact) mass is 234 g/mol. The van der Waals surface area contributed by atoms with Gasteiger partial charge in [0.25, 0.3) is 0 Å². The van der Waals surface area contributed by atoms with Gasteiger partial charge >= 0.3 is 6.09 Å². The second kappa shape index (κ2) is 4.86. The zero-order valence-corrected chi connectivity index (χ0v) is 9.30. The van der Waals surface area contributed by atoms with Crippen molar-refractivity contribution < 1.29 is 14.7 Å². The highest BCUT2D eigenvalue weighted by Crippen LogP contribution is 2.20. The van der Waals surface area contributed by atoms with Crippen LogP contribution >= 0.6 is 0 Å². The van der Waals surface area contributed by atoms with E-state index in [0.29, 0.717) is 13.0 Å². The molecule has 0 aliphatic carbocycles. The van der Waals surface area contributed by atoms with E-state index < -0.39 is 12.1 Å². The third kappa shape index (κ3) is 2.55. The average Bonchev–Trinajstić information content (AvgIpc) is 2.32. The summed E-state index contributed by atoms with van der Waals surface area (Å²) in [6, 6.07) is 8.67. The van der Waals surface area contributed by atoms with Crippen LogP contribution in [0, 0.1) is 0 Å². The summed E-state index contributed by atoms with van der Waals surface area (Å²) in [5.41, 5.74) is 0.814. The molecule has 1 fully saturated rings. The lowest BCUT2D eigenvalue weighted by Gasteiger charge is -2.32. The zero-order valence-electron chi connectivity index (χ0n) is 9.30. The molecule has 2 amide bonds. The van der Waals surface area contributed by atoms with Crippen LogP contribution in [0.1, 0.15) is 12.8 Å². The maximum atomic E-state index is 12.1. The molecule has 1 aliphatic heterocycles. The van der Waals surface area contributed by atoms with Gasteiger partial charge in [0.05, 0.1) is 0 Å². The number of nitrogens with one attached hydrogen (secondary N) is 1. The van der Waals surface area contributed by atoms with Crippen LogP contribution in [0.5, 0.6) is 0 Å². The standard InChI is InChI=1S/C12H14N2O3/c15-11-10(13-12(16)17)7-4-8-14(11)9-5-2-1-3-6-9/h1-3,5-6,10,13H,4,7-8H2,(H,16,17). The topological polar surface area (TPSA) is 69.6 Å². The van der Waals surface area contributed by atoms with Gasteiger partial charge in [0, 0.05) is 12.2 Å². The van der Waals surface area contributed by atoms with Crippen molar-refractivity contribution in [2.24, 2.45) is 0 Å². The molecule has 1 atom stereocenters. The molecule has 17 heavy (non-hydrogen) atoms. The smallest absolute Gasteiger partial charge is 0.405 e. The summed E-state index contributed by atoms with van der Waals surface area (Å²) in [7, 11) is 0. The predicted octanol–water partition coefficient (Wildman–Crippen LogP) is 1.45. The van der Waals surface area contributed by atoms with E-state index in [1.807, 2.05) is 30.3 Å². The Morgan fingerprint density at radius 2 is 2.06 bits per heavy atom. The summed E-state index contributed by atoms with van der Waals surface area (Å²) in [5.74, 6) is -0.176. The van der Waals surface area contributed by atoms with Gasteiger partial charge in [0.2, 0.25) is 5.91 Å². The number of anilines is 1. The number of carboxylic acid groups (broad SMARTS) is 1. The average molecular weight is 234 g/mol. The fourth-order valence-corrected chi connectivity index (χ4v) is 2.02. The molecule has 1 aliphatic rings. The number of piperidine rings is 1. The first-order valence-corrected chi connectivity index (χ1v) is 5.54. The maximum Gasteiger partial charge on any atom is 0.405 e. The number of para-hydroxylation sites is 1. The first-order valence-electron chi connectivity index (χ1n) is 5.54. The van der Waals surface area contributed by atoms with Crippen molar-refractivity contribution in [2.75, 3.05) is 11.4 Å². The van der Waals surface area contributed by atoms with Crippen molar-refractivity contribution in [3.8, 4) is 0 Å². The lowest BCUT2D eigenvalue weighted by Crippen LogP contribution is -2.52. The van der Waals surface area contributed by atoms with Crippen molar-refractivity contribution in [1.82, 2.24) is 5.32 Å². The van der Waals surface area contributed by atoms with Crippen LogP contribution in [0.15, 0.2) is 30.3 Å². The second-order valence-electron chi connectivity index (χ2n) is 3.97. The highest BCUT2D eigenvalue weighted by atomic mass is 16.4. The minimum absolute atomic E-state index is 0.176. The number of hydrogen-bond donors (Lipinski definition) is 2. The zero-order chi connectivity index (χ0) is 12.3. The van der Waals surface area contributed by atoms with Gasteiger partial charge in [-0.2, -0.15) is 0 Å². The normalized spacial score (nSPS) is 20.1. The lowest BCUT2D eigenvalue weighted by atomic mass is 10.0. The maximum absolute atomic E-state index is 12.1. The van der Waals surface area contributed by atoms with Crippen LogP contribution in [0.3, 0.4) is 0 Å². The van der Waals surface area contributed by atoms with E-state index >= 15 is 0 Å². The van der Waals surface area contributed by atoms with E-state index in [0.717, 1.165) is 12.1 Å². The molecule has 0 saturated carbocycles. The molecule has 2 rings (SSSR count). The molecule has 1 saturated heterocycles. The summed E-state index contributed by atoms with van der Waals surface area (Å²) in [6.07, 6.45) is 0.207. The lowest BCUT2D eigenvalue weighted by molar-refractivity contribution is -0.121. The quantitative estimate of drug-likeness (QED) is 0.813. The van der Waals surface area contributed by atoms with E-state index in [-0.39, 0.29) is 5.91 Å². The van der Waals surface area contributed by atoms with Crippen LogP contribution in [-0.2, 0) is 4.79 Å². The van der Waals surface area contributed by atoms with Crippen LogP contribution < -0.4 is 10.2 Å². The van der Waals surface area contributed by atoms with Crippen LogP contribution in [0.4, 0.5) is 10.5 Å². The van der Waals surface area contributed by atoms with E-state index in [1.54, 1.807) is 4.90 Å². The highest BCUT2D eigenvalue weighted by Gasteiger charge is 2.30. The Kier molecular flexibility index (Phi) is 3.27. The molecule has 5 heteroatoms. The molecule has 0 aromatic heterocycles. The van der Waals surface area contributed by atoms with Crippen LogP contribution in [0.2, 0.25) is 0 Å². The van der Waals surface area contributed by atoms with Gasteiger partial charge in [-0.3, -0.25) is 4.79 Å². The van der Waals surface area contributed by atoms with Gasteiger partial charge in [0.1, 0.15) is 6.04 Å². The van der Waals surface area contributed by atoms with Gasteiger partial charge in [-0.1, -0.05) is 18.2 Å². The van der Waals surface area contributed by atoms with E-state index in [2.05, 4.69) is 5.32 Å². The molecule has 90 valence electrons. The van der Waals surface area contributed by atoms with Crippen molar-refractivity contribution in [1.29, 1.82) is 0 Å². The number of carbonyl (C=O) groups excluding carboxylic acids is 1. The molecule has 0 radical (unpaired) electrons. The van der Waals surface area contributed by atoms with Crippen molar-refractivity contribution >= 4 is 17.7 Å². The minimum Gasteiger partial charge on any atom is -0.465 e. The van der Waals surface area contributed by atoms with E-state index in [4.69, 9.17) is 5.11 Å². The predicted molar refractivity (Wildman–Crippen MR) is 63.0 cm³/mol. The Morgan fingerprint density at radius 1 is 1.35 bits per heavy atom. The van der Waals surface area contributed by atoms with E-state index in [1.165, 1.54) is 0 Å². The molecule has 1 aromatic carbocycles. The van der Waals surface area contributed by atoms with Gasteiger partial charge in [-0.25, -0.2) is 4.79 Å². The molecule has 0 spiro atoms. The Bertz CT molecular complexity index is 419. The molecule has 0 bridgehead atoms. The van der Waals surface area contributed by atoms with Crippen LogP contribution in [-0.4, -0.2) is 29.7 Å². The first kappa shape index (κ1) is 11.4. The Labute approximate surface area is 99.0 Å². The third-order valence-electron chi connectivity index (χ3n) is 2.80. The third-order valence-corrected chi connectivity index (χ3v) is 2.80. The molecular weight excluding hydrogens is 220 g/mol. The Balaban J connectivity index is 2.14. The Hall–Kier alpha value is -2.04. The Morgan fingerprint density at radius 3 is 2.71 bits per heavy atom. The summed E-state index contributed by atoms with van der Waals surface area (Å²) >= 11 is 0. The first-order chi connectivity index (χ1) is 8.18. The molecule has 1 aromatic rings. The van der Waals surface area contributed by atoms with Gasteiger partial charge in [0.15, 0.2) is 0 Å². The number of nitrogens with zero attached hydrogens (tertiary/aromatic N) is 1. The molecule has 5 nitrogen and oxygen atoms in total. The number of hydrogen-bond acceptors (Lipinski definition) is 2. The van der Waals surface area contributed by atoms with Crippen molar-refractivity contribution in [2.45, 2.75) is 18.9 Å². The fourth-order valence-electron chi connectivity index (χ4n) is 2.02. The van der Waals surface area contributed by atoms with Crippen molar-refractivity contribution in [3.05, 3.63) is 30.3 Å². The molecule has 1 unspecified atom stereocenters. The summed E-state index contributed by atoms with van der Waals surface area (Å²) in [5, 5.41) is 10.9. The van der Waals surface area contributed by atoms with Crippen molar-refractivity contribution in [3.63, 3.8) is 0 Å². The largest absolute Gasteiger partial charge is 0.465 e. The number of carbonyl (C=O) groups is 2. The van der Waals surface area contributed by atoms with Crippen LogP contribution in [0.25, 0.3) is 0 Å². The number of rotatable bonds is 2. The molecular formula is C12H14N2O3. The van der Waals surface area contributed by atoms with Gasteiger partial charge in [-0.15, -0.1) is 0 Å². The SMILES string of the molecule is O=C(O)NC1CCCN(c2ccccc2)C1=O. The second-order valence-corrected chi connectivity index (χ2v) is 3.97. The molecule has 2 N–H and O–H groups in total. The highest BCUT2D eigenvalue weighted by molar-refractivity contribution is 5.99. The number of amides is 2.